The number of hydrogen-bond donors (Lipinski definition) is 2. The summed E-state index contributed by atoms with van der Waals surface area (Å²) in [5.41, 5.74) is -0.114. The summed E-state index contributed by atoms with van der Waals surface area (Å²) in [6.45, 7) is 2.79. The molecule has 0 aliphatic rings. The lowest BCUT2D eigenvalue weighted by Crippen LogP contribution is -2.37. The molecule has 2 amide bonds. The number of alkyl halides is 3. The topological polar surface area (TPSA) is 71.8 Å². The fourth-order valence-corrected chi connectivity index (χ4v) is 2.08. The minimum atomic E-state index is -4.36. The van der Waals surface area contributed by atoms with Crippen LogP contribution in [0.4, 0.5) is 18.0 Å². The Morgan fingerprint density at radius 3 is 2.58 bits per heavy atom. The van der Waals surface area contributed by atoms with Crippen molar-refractivity contribution >= 4 is 6.03 Å². The number of rotatable bonds is 6. The second-order valence-electron chi connectivity index (χ2n) is 5.25. The average molecular weight is 341 g/mol. The summed E-state index contributed by atoms with van der Waals surface area (Å²) in [7, 11) is 0. The second-order valence-corrected chi connectivity index (χ2v) is 5.25. The van der Waals surface area contributed by atoms with Crippen LogP contribution in [0.1, 0.15) is 30.5 Å². The number of benzene rings is 1. The first-order valence-electron chi connectivity index (χ1n) is 7.40. The average Bonchev–Trinajstić information content (AvgIpc) is 3.04. The lowest BCUT2D eigenvalue weighted by atomic mass is 10.1. The van der Waals surface area contributed by atoms with Gasteiger partial charge in [-0.15, -0.1) is 0 Å². The van der Waals surface area contributed by atoms with E-state index in [0.717, 1.165) is 12.1 Å². The van der Waals surface area contributed by atoms with Crippen molar-refractivity contribution in [2.75, 3.05) is 6.54 Å². The molecule has 1 heterocycles. The minimum Gasteiger partial charge on any atom is -0.338 e. The summed E-state index contributed by atoms with van der Waals surface area (Å²) in [6, 6.07) is 3.95. The van der Waals surface area contributed by atoms with Crippen LogP contribution in [-0.2, 0) is 12.7 Å². The third kappa shape index (κ3) is 5.25. The molecule has 2 N–H and O–H groups in total. The van der Waals surface area contributed by atoms with Crippen LogP contribution < -0.4 is 10.6 Å². The van der Waals surface area contributed by atoms with Crippen molar-refractivity contribution < 1.29 is 18.0 Å². The number of aryl methyl sites for hydroxylation is 1. The Balaban J connectivity index is 1.74. The van der Waals surface area contributed by atoms with Crippen molar-refractivity contribution in [3.8, 4) is 0 Å². The van der Waals surface area contributed by atoms with Crippen LogP contribution >= 0.6 is 0 Å². The maximum absolute atomic E-state index is 12.5. The van der Waals surface area contributed by atoms with Gasteiger partial charge in [0.25, 0.3) is 0 Å². The van der Waals surface area contributed by atoms with Crippen LogP contribution in [0.3, 0.4) is 0 Å². The fraction of sp³-hybridized carbons (Fsp3) is 0.400. The van der Waals surface area contributed by atoms with Crippen LogP contribution in [0.5, 0.6) is 0 Å². The Morgan fingerprint density at radius 1 is 1.29 bits per heavy atom. The highest BCUT2D eigenvalue weighted by Crippen LogP contribution is 2.29. The summed E-state index contributed by atoms with van der Waals surface area (Å²) in [4.78, 5) is 15.6. The highest BCUT2D eigenvalue weighted by atomic mass is 19.4. The summed E-state index contributed by atoms with van der Waals surface area (Å²) < 4.78 is 39.2. The smallest absolute Gasteiger partial charge is 0.338 e. The minimum absolute atomic E-state index is 0.374. The van der Waals surface area contributed by atoms with Gasteiger partial charge in [-0.25, -0.2) is 9.78 Å². The van der Waals surface area contributed by atoms with Gasteiger partial charge < -0.3 is 10.6 Å². The van der Waals surface area contributed by atoms with Crippen LogP contribution in [0.25, 0.3) is 0 Å². The number of carbonyl (C=O) groups excluding carboxylic acids is 1. The van der Waals surface area contributed by atoms with E-state index in [1.807, 2.05) is 0 Å². The van der Waals surface area contributed by atoms with Gasteiger partial charge in [0.15, 0.2) is 0 Å². The lowest BCUT2D eigenvalue weighted by molar-refractivity contribution is -0.137. The Kier molecular flexibility index (Phi) is 5.78. The number of carbonyl (C=O) groups is 1. The van der Waals surface area contributed by atoms with Gasteiger partial charge in [0, 0.05) is 13.1 Å². The monoisotopic (exact) mass is 341 g/mol. The van der Waals surface area contributed by atoms with Crippen molar-refractivity contribution in [1.82, 2.24) is 25.4 Å². The number of hydrogen-bond acceptors (Lipinski definition) is 3. The van der Waals surface area contributed by atoms with Crippen LogP contribution in [-0.4, -0.2) is 27.3 Å². The van der Waals surface area contributed by atoms with E-state index in [-0.39, 0.29) is 6.03 Å². The molecule has 2 rings (SSSR count). The lowest BCUT2D eigenvalue weighted by Gasteiger charge is -2.16. The molecular formula is C15H18F3N5O. The van der Waals surface area contributed by atoms with E-state index in [1.54, 1.807) is 17.9 Å². The van der Waals surface area contributed by atoms with Gasteiger partial charge in [-0.3, -0.25) is 4.68 Å². The number of urea groups is 1. The molecule has 24 heavy (non-hydrogen) atoms. The third-order valence-electron chi connectivity index (χ3n) is 3.40. The summed E-state index contributed by atoms with van der Waals surface area (Å²) in [5.74, 6) is 0. The number of amides is 2. The van der Waals surface area contributed by atoms with E-state index >= 15 is 0 Å². The van der Waals surface area contributed by atoms with E-state index in [9.17, 15) is 18.0 Å². The van der Waals surface area contributed by atoms with E-state index in [2.05, 4.69) is 20.7 Å². The van der Waals surface area contributed by atoms with Crippen LogP contribution in [0.2, 0.25) is 0 Å². The van der Waals surface area contributed by atoms with Gasteiger partial charge in [-0.05, 0) is 31.0 Å². The maximum Gasteiger partial charge on any atom is 0.416 e. The molecule has 130 valence electrons. The molecule has 0 fully saturated rings. The molecule has 1 atom stereocenters. The Morgan fingerprint density at radius 2 is 2.00 bits per heavy atom. The molecule has 0 aliphatic heterocycles. The predicted octanol–water partition coefficient (Wildman–Crippen LogP) is 2.75. The molecule has 1 aromatic heterocycles. The van der Waals surface area contributed by atoms with Crippen LogP contribution in [0.15, 0.2) is 36.9 Å². The van der Waals surface area contributed by atoms with Gasteiger partial charge in [0.05, 0.1) is 11.6 Å². The zero-order valence-electron chi connectivity index (χ0n) is 13.0. The number of nitrogens with one attached hydrogen (secondary N) is 2. The molecule has 6 nitrogen and oxygen atoms in total. The largest absolute Gasteiger partial charge is 0.416 e. The highest BCUT2D eigenvalue weighted by molar-refractivity contribution is 5.74. The molecule has 0 saturated heterocycles. The first-order chi connectivity index (χ1) is 11.4. The van der Waals surface area contributed by atoms with Crippen molar-refractivity contribution in [1.29, 1.82) is 0 Å². The predicted molar refractivity (Wildman–Crippen MR) is 81.0 cm³/mol. The van der Waals surface area contributed by atoms with Gasteiger partial charge in [-0.1, -0.05) is 12.1 Å². The first-order valence-corrected chi connectivity index (χ1v) is 7.40. The number of aromatic nitrogens is 3. The molecule has 9 heteroatoms. The first kappa shape index (κ1) is 17.8. The quantitative estimate of drug-likeness (QED) is 0.794. The molecule has 0 radical (unpaired) electrons. The van der Waals surface area contributed by atoms with Crippen LogP contribution in [0, 0.1) is 0 Å². The van der Waals surface area contributed by atoms with E-state index in [4.69, 9.17) is 0 Å². The van der Waals surface area contributed by atoms with Crippen molar-refractivity contribution in [2.24, 2.45) is 0 Å². The zero-order chi connectivity index (χ0) is 17.6. The number of halogens is 3. The zero-order valence-corrected chi connectivity index (χ0v) is 13.0. The van der Waals surface area contributed by atoms with Crippen molar-refractivity contribution in [2.45, 2.75) is 32.1 Å². The molecule has 0 bridgehead atoms. The second kappa shape index (κ2) is 7.80. The molecule has 0 aliphatic carbocycles. The summed E-state index contributed by atoms with van der Waals surface area (Å²) >= 11 is 0. The summed E-state index contributed by atoms with van der Waals surface area (Å²) in [5, 5.41) is 9.31. The third-order valence-corrected chi connectivity index (χ3v) is 3.40. The Labute approximate surface area is 137 Å². The SMILES string of the molecule is C[C@@H](NC(=O)NCCCn1cncn1)c1ccc(C(F)(F)F)cc1. The molecule has 2 aromatic rings. The van der Waals surface area contributed by atoms with Gasteiger partial charge in [0.1, 0.15) is 12.7 Å². The van der Waals surface area contributed by atoms with Gasteiger partial charge in [0.2, 0.25) is 0 Å². The van der Waals surface area contributed by atoms with E-state index < -0.39 is 17.8 Å². The van der Waals surface area contributed by atoms with Crippen molar-refractivity contribution in [3.63, 3.8) is 0 Å². The van der Waals surface area contributed by atoms with Gasteiger partial charge >= 0.3 is 12.2 Å². The molecule has 0 spiro atoms. The molecule has 0 unspecified atom stereocenters. The Bertz CT molecular complexity index is 640. The van der Waals surface area contributed by atoms with E-state index in [1.165, 1.54) is 18.5 Å². The Hall–Kier alpha value is -2.58. The standard InChI is InChI=1S/C15H18F3N5O/c1-11(12-3-5-13(6-4-12)15(16,17)18)22-14(24)20-7-2-8-23-10-19-9-21-23/h3-6,9-11H,2,7-8H2,1H3,(H2,20,22,24)/t11-/m1/s1. The fourth-order valence-electron chi connectivity index (χ4n) is 2.08. The normalized spacial score (nSPS) is 12.7. The van der Waals surface area contributed by atoms with E-state index in [0.29, 0.717) is 25.1 Å². The molecular weight excluding hydrogens is 323 g/mol. The number of nitrogens with zero attached hydrogens (tertiary/aromatic N) is 3. The molecule has 1 aromatic carbocycles. The summed E-state index contributed by atoms with van der Waals surface area (Å²) in [6.07, 6.45) is -0.652. The maximum atomic E-state index is 12.5. The van der Waals surface area contributed by atoms with Gasteiger partial charge in [-0.2, -0.15) is 18.3 Å². The molecule has 0 saturated carbocycles. The highest BCUT2D eigenvalue weighted by Gasteiger charge is 2.30. The van der Waals surface area contributed by atoms with Crippen molar-refractivity contribution in [3.05, 3.63) is 48.0 Å².